The lowest BCUT2D eigenvalue weighted by Gasteiger charge is -2.21. The van der Waals surface area contributed by atoms with E-state index in [2.05, 4.69) is 57.3 Å². The largest absolute Gasteiger partial charge is 0.342 e. The van der Waals surface area contributed by atoms with Gasteiger partial charge in [0, 0.05) is 23.2 Å². The lowest BCUT2D eigenvalue weighted by Crippen LogP contribution is -2.33. The van der Waals surface area contributed by atoms with Crippen molar-refractivity contribution in [3.63, 3.8) is 0 Å². The van der Waals surface area contributed by atoms with Gasteiger partial charge in [0.15, 0.2) is 0 Å². The van der Waals surface area contributed by atoms with E-state index < -0.39 is 0 Å². The van der Waals surface area contributed by atoms with Crippen LogP contribution in [0.5, 0.6) is 0 Å². The molecule has 0 atom stereocenters. The first-order chi connectivity index (χ1) is 10.7. The fourth-order valence-electron chi connectivity index (χ4n) is 2.53. The molecule has 2 aromatic rings. The number of likely N-dealkylation sites (tertiary alicyclic amines) is 1. The standard InChI is InChI=1S/C18H20BrN3/c1-14-8-10-15(11-9-14)20-18(22-12-4-5-13-22)21-17-7-3-2-6-16(17)19/h2-3,6-11H,4-5,12-13H2,1H3,(H,20,21). The summed E-state index contributed by atoms with van der Waals surface area (Å²) in [5, 5.41) is 3.48. The van der Waals surface area contributed by atoms with Crippen molar-refractivity contribution in [2.24, 2.45) is 4.99 Å². The zero-order valence-electron chi connectivity index (χ0n) is 12.7. The monoisotopic (exact) mass is 357 g/mol. The molecule has 1 saturated heterocycles. The number of hydrogen-bond donors (Lipinski definition) is 1. The Morgan fingerprint density at radius 3 is 2.41 bits per heavy atom. The van der Waals surface area contributed by atoms with Crippen molar-refractivity contribution in [1.82, 2.24) is 4.90 Å². The third kappa shape index (κ3) is 3.69. The third-order valence-electron chi connectivity index (χ3n) is 3.79. The molecule has 3 rings (SSSR count). The summed E-state index contributed by atoms with van der Waals surface area (Å²) in [6, 6.07) is 16.5. The van der Waals surface area contributed by atoms with Gasteiger partial charge in [0.2, 0.25) is 5.96 Å². The van der Waals surface area contributed by atoms with Gasteiger partial charge in [0.05, 0.1) is 5.69 Å². The van der Waals surface area contributed by atoms with Crippen LogP contribution in [-0.2, 0) is 0 Å². The fraction of sp³-hybridized carbons (Fsp3) is 0.278. The molecule has 0 aromatic heterocycles. The summed E-state index contributed by atoms with van der Waals surface area (Å²) in [5.41, 5.74) is 3.28. The van der Waals surface area contributed by atoms with Gasteiger partial charge >= 0.3 is 0 Å². The van der Waals surface area contributed by atoms with Crippen LogP contribution in [0, 0.1) is 6.92 Å². The molecule has 0 radical (unpaired) electrons. The Bertz CT molecular complexity index is 658. The van der Waals surface area contributed by atoms with Crippen molar-refractivity contribution in [1.29, 1.82) is 0 Å². The molecule has 1 N–H and O–H groups in total. The number of aliphatic imine (C=N–C) groups is 1. The summed E-state index contributed by atoms with van der Waals surface area (Å²) >= 11 is 3.57. The van der Waals surface area contributed by atoms with E-state index in [1.807, 2.05) is 24.3 Å². The number of hydrogen-bond acceptors (Lipinski definition) is 1. The second-order valence-electron chi connectivity index (χ2n) is 5.57. The van der Waals surface area contributed by atoms with E-state index in [9.17, 15) is 0 Å². The molecule has 0 spiro atoms. The Morgan fingerprint density at radius 1 is 1.05 bits per heavy atom. The summed E-state index contributed by atoms with van der Waals surface area (Å²) in [6.07, 6.45) is 2.45. The van der Waals surface area contributed by atoms with Crippen molar-refractivity contribution in [2.75, 3.05) is 18.4 Å². The molecule has 0 unspecified atom stereocenters. The molecule has 0 bridgehead atoms. The molecule has 1 aliphatic heterocycles. The van der Waals surface area contributed by atoms with E-state index in [4.69, 9.17) is 4.99 Å². The Balaban J connectivity index is 1.90. The van der Waals surface area contributed by atoms with Gasteiger partial charge in [-0.25, -0.2) is 4.99 Å². The summed E-state index contributed by atoms with van der Waals surface area (Å²) in [5.74, 6) is 0.924. The smallest absolute Gasteiger partial charge is 0.203 e. The maximum atomic E-state index is 4.84. The average molecular weight is 358 g/mol. The topological polar surface area (TPSA) is 27.6 Å². The number of halogens is 1. The Morgan fingerprint density at radius 2 is 1.73 bits per heavy atom. The van der Waals surface area contributed by atoms with Crippen LogP contribution in [0.25, 0.3) is 0 Å². The molecule has 0 aliphatic carbocycles. The summed E-state index contributed by atoms with van der Waals surface area (Å²) in [7, 11) is 0. The second-order valence-corrected chi connectivity index (χ2v) is 6.43. The van der Waals surface area contributed by atoms with E-state index in [0.717, 1.165) is 34.9 Å². The number of aryl methyl sites for hydroxylation is 1. The maximum Gasteiger partial charge on any atom is 0.203 e. The van der Waals surface area contributed by atoms with E-state index in [1.54, 1.807) is 0 Å². The number of rotatable bonds is 2. The molecule has 1 fully saturated rings. The molecule has 0 amide bonds. The molecule has 1 aliphatic rings. The van der Waals surface area contributed by atoms with Crippen LogP contribution >= 0.6 is 15.9 Å². The van der Waals surface area contributed by atoms with Crippen molar-refractivity contribution in [2.45, 2.75) is 19.8 Å². The molecule has 22 heavy (non-hydrogen) atoms. The van der Waals surface area contributed by atoms with Crippen LogP contribution in [0.2, 0.25) is 0 Å². The predicted molar refractivity (Wildman–Crippen MR) is 96.8 cm³/mol. The number of anilines is 1. The highest BCUT2D eigenvalue weighted by molar-refractivity contribution is 9.10. The van der Waals surface area contributed by atoms with Gasteiger partial charge < -0.3 is 10.2 Å². The minimum absolute atomic E-state index is 0.924. The summed E-state index contributed by atoms with van der Waals surface area (Å²) in [4.78, 5) is 7.16. The van der Waals surface area contributed by atoms with Gasteiger partial charge in [0.1, 0.15) is 0 Å². The maximum absolute atomic E-state index is 4.84. The third-order valence-corrected chi connectivity index (χ3v) is 4.46. The average Bonchev–Trinajstić information content (AvgIpc) is 3.05. The summed E-state index contributed by atoms with van der Waals surface area (Å²) in [6.45, 7) is 4.21. The Hall–Kier alpha value is -1.81. The molecule has 2 aromatic carbocycles. The first kappa shape index (κ1) is 15.1. The lowest BCUT2D eigenvalue weighted by atomic mass is 10.2. The molecule has 114 valence electrons. The van der Waals surface area contributed by atoms with Crippen molar-refractivity contribution >= 4 is 33.3 Å². The zero-order chi connectivity index (χ0) is 15.4. The highest BCUT2D eigenvalue weighted by atomic mass is 79.9. The van der Waals surface area contributed by atoms with Crippen LogP contribution in [0.15, 0.2) is 58.0 Å². The van der Waals surface area contributed by atoms with E-state index in [0.29, 0.717) is 0 Å². The number of guanidine groups is 1. The molecule has 0 saturated carbocycles. The molecular weight excluding hydrogens is 338 g/mol. The number of para-hydroxylation sites is 1. The predicted octanol–water partition coefficient (Wildman–Crippen LogP) is 4.95. The van der Waals surface area contributed by atoms with Crippen LogP contribution in [0.4, 0.5) is 11.4 Å². The van der Waals surface area contributed by atoms with Crippen LogP contribution in [0.1, 0.15) is 18.4 Å². The van der Waals surface area contributed by atoms with Crippen LogP contribution in [-0.4, -0.2) is 23.9 Å². The SMILES string of the molecule is Cc1ccc(NC(=Nc2ccccc2Br)N2CCCC2)cc1. The van der Waals surface area contributed by atoms with E-state index in [-0.39, 0.29) is 0 Å². The van der Waals surface area contributed by atoms with Gasteiger partial charge in [-0.2, -0.15) is 0 Å². The van der Waals surface area contributed by atoms with Crippen LogP contribution in [0.3, 0.4) is 0 Å². The van der Waals surface area contributed by atoms with Crippen molar-refractivity contribution in [3.05, 3.63) is 58.6 Å². The first-order valence-corrected chi connectivity index (χ1v) is 8.43. The highest BCUT2D eigenvalue weighted by Crippen LogP contribution is 2.25. The quantitative estimate of drug-likeness (QED) is 0.607. The molecule has 3 nitrogen and oxygen atoms in total. The van der Waals surface area contributed by atoms with Gasteiger partial charge in [-0.05, 0) is 60.0 Å². The number of nitrogens with zero attached hydrogens (tertiary/aromatic N) is 2. The fourth-order valence-corrected chi connectivity index (χ4v) is 2.90. The second kappa shape index (κ2) is 6.97. The Labute approximate surface area is 140 Å². The van der Waals surface area contributed by atoms with Gasteiger partial charge in [0.25, 0.3) is 0 Å². The lowest BCUT2D eigenvalue weighted by molar-refractivity contribution is 0.518. The van der Waals surface area contributed by atoms with Crippen LogP contribution < -0.4 is 5.32 Å². The number of nitrogens with one attached hydrogen (secondary N) is 1. The normalized spacial score (nSPS) is 15.2. The zero-order valence-corrected chi connectivity index (χ0v) is 14.3. The molecule has 1 heterocycles. The number of benzene rings is 2. The highest BCUT2D eigenvalue weighted by Gasteiger charge is 2.17. The minimum Gasteiger partial charge on any atom is -0.342 e. The van der Waals surface area contributed by atoms with E-state index >= 15 is 0 Å². The Kier molecular flexibility index (Phi) is 4.78. The van der Waals surface area contributed by atoms with Gasteiger partial charge in [-0.1, -0.05) is 29.8 Å². The van der Waals surface area contributed by atoms with Gasteiger partial charge in [-0.3, -0.25) is 0 Å². The first-order valence-electron chi connectivity index (χ1n) is 7.64. The van der Waals surface area contributed by atoms with Crippen molar-refractivity contribution in [3.8, 4) is 0 Å². The minimum atomic E-state index is 0.924. The van der Waals surface area contributed by atoms with Gasteiger partial charge in [-0.15, -0.1) is 0 Å². The molecular formula is C18H20BrN3. The molecule has 4 heteroatoms. The van der Waals surface area contributed by atoms with Crippen molar-refractivity contribution < 1.29 is 0 Å². The van der Waals surface area contributed by atoms with E-state index in [1.165, 1.54) is 18.4 Å². The summed E-state index contributed by atoms with van der Waals surface area (Å²) < 4.78 is 1.01.